The third-order valence-corrected chi connectivity index (χ3v) is 7.39. The number of nitrogens with two attached hydrogens (primary N) is 1. The molecule has 1 amide bonds. The van der Waals surface area contributed by atoms with Gasteiger partial charge in [0.1, 0.15) is 25.1 Å². The van der Waals surface area contributed by atoms with E-state index in [1.54, 1.807) is 0 Å². The molecule has 1 saturated heterocycles. The van der Waals surface area contributed by atoms with Gasteiger partial charge in [-0.25, -0.2) is 0 Å². The van der Waals surface area contributed by atoms with Gasteiger partial charge in [0.2, 0.25) is 24.2 Å². The maximum Gasteiger partial charge on any atom is 0.303 e. The number of esters is 4. The monoisotopic (exact) mass is 690 g/mol. The molecule has 0 bridgehead atoms. The van der Waals surface area contributed by atoms with Gasteiger partial charge in [-0.15, -0.1) is 5.10 Å². The average molecular weight is 691 g/mol. The average Bonchev–Trinajstić information content (AvgIpc) is 3.39. The summed E-state index contributed by atoms with van der Waals surface area (Å²) in [4.78, 5) is 59.1. The SMILES string of the molecule is CC(=O)OC[C@H]1OC(Oc2n[nH]c(C(C)C)c2Cc2ccc(OCCNCCC(N)=O)cc2C)[C@H](OC(C)=O)[C@@H](OC(C)=O)[C@@H]1OC(C)=O. The van der Waals surface area contributed by atoms with Crippen molar-refractivity contribution in [2.75, 3.05) is 26.3 Å². The van der Waals surface area contributed by atoms with Crippen LogP contribution in [0.4, 0.5) is 0 Å². The maximum absolute atomic E-state index is 12.3. The van der Waals surface area contributed by atoms with E-state index in [-0.39, 0.29) is 30.7 Å². The van der Waals surface area contributed by atoms with Gasteiger partial charge in [0.25, 0.3) is 0 Å². The Hall–Kier alpha value is -4.70. The first-order valence-corrected chi connectivity index (χ1v) is 15.9. The van der Waals surface area contributed by atoms with Crippen molar-refractivity contribution in [2.24, 2.45) is 5.73 Å². The number of aryl methyl sites for hydroxylation is 1. The number of amides is 1. The highest BCUT2D eigenvalue weighted by Gasteiger charge is 2.53. The fourth-order valence-corrected chi connectivity index (χ4v) is 5.23. The van der Waals surface area contributed by atoms with Crippen molar-refractivity contribution in [3.8, 4) is 11.6 Å². The number of hydrogen-bond acceptors (Lipinski definition) is 14. The van der Waals surface area contributed by atoms with Crippen LogP contribution in [0.15, 0.2) is 18.2 Å². The predicted molar refractivity (Wildman–Crippen MR) is 171 cm³/mol. The van der Waals surface area contributed by atoms with Gasteiger partial charge >= 0.3 is 23.9 Å². The van der Waals surface area contributed by atoms with Gasteiger partial charge in [0.15, 0.2) is 12.2 Å². The van der Waals surface area contributed by atoms with Crippen LogP contribution in [0, 0.1) is 6.92 Å². The molecule has 0 aliphatic carbocycles. The Kier molecular flexibility index (Phi) is 14.4. The summed E-state index contributed by atoms with van der Waals surface area (Å²) < 4.78 is 39.9. The number of aromatic nitrogens is 2. The maximum atomic E-state index is 12.3. The molecule has 1 aromatic heterocycles. The largest absolute Gasteiger partial charge is 0.492 e. The third-order valence-electron chi connectivity index (χ3n) is 7.39. The molecule has 1 fully saturated rings. The second kappa shape index (κ2) is 18.2. The molecular weight excluding hydrogens is 644 g/mol. The summed E-state index contributed by atoms with van der Waals surface area (Å²) in [7, 11) is 0. The highest BCUT2D eigenvalue weighted by Crippen LogP contribution is 2.34. The number of carbonyl (C=O) groups excluding carboxylic acids is 5. The van der Waals surface area contributed by atoms with E-state index in [2.05, 4.69) is 15.5 Å². The normalized spacial score (nSPS) is 20.3. The van der Waals surface area contributed by atoms with E-state index in [9.17, 15) is 24.0 Å². The first-order chi connectivity index (χ1) is 23.2. The second-order valence-electron chi connectivity index (χ2n) is 11.8. The molecule has 5 atom stereocenters. The van der Waals surface area contributed by atoms with Crippen LogP contribution >= 0.6 is 0 Å². The van der Waals surface area contributed by atoms with E-state index in [0.29, 0.717) is 37.4 Å². The summed E-state index contributed by atoms with van der Waals surface area (Å²) in [5.74, 6) is -2.44. The smallest absolute Gasteiger partial charge is 0.303 e. The Balaban J connectivity index is 1.91. The van der Waals surface area contributed by atoms with Gasteiger partial charge in [0.05, 0.1) is 0 Å². The van der Waals surface area contributed by atoms with E-state index in [1.165, 1.54) is 6.92 Å². The van der Waals surface area contributed by atoms with Crippen LogP contribution in [0.25, 0.3) is 0 Å². The van der Waals surface area contributed by atoms with Crippen molar-refractivity contribution in [3.63, 3.8) is 0 Å². The zero-order chi connectivity index (χ0) is 36.2. The number of hydrogen-bond donors (Lipinski definition) is 3. The summed E-state index contributed by atoms with van der Waals surface area (Å²) in [5, 5.41) is 10.5. The van der Waals surface area contributed by atoms with Gasteiger partial charge in [-0.1, -0.05) is 19.9 Å². The second-order valence-corrected chi connectivity index (χ2v) is 11.8. The molecule has 4 N–H and O–H groups in total. The lowest BCUT2D eigenvalue weighted by molar-refractivity contribution is -0.289. The first-order valence-electron chi connectivity index (χ1n) is 15.9. The summed E-state index contributed by atoms with van der Waals surface area (Å²) in [6.07, 6.45) is -6.08. The topological polar surface area (TPSA) is 217 Å². The molecule has 3 rings (SSSR count). The number of nitrogens with one attached hydrogen (secondary N) is 2. The predicted octanol–water partition coefficient (Wildman–Crippen LogP) is 1.74. The Morgan fingerprint density at radius 1 is 0.939 bits per heavy atom. The number of ether oxygens (including phenoxy) is 7. The number of nitrogens with zero attached hydrogens (tertiary/aromatic N) is 1. The van der Waals surface area contributed by atoms with Gasteiger partial charge in [-0.05, 0) is 36.1 Å². The van der Waals surface area contributed by atoms with Crippen molar-refractivity contribution in [3.05, 3.63) is 40.6 Å². The standard InChI is InChI=1S/C33H46N4O12/c1-17(2)28-25(15-23-8-9-24(14-18(23)3)43-13-12-35-11-10-27(34)42)32(37-36-28)49-33-31(47-22(7)41)30(46-21(6)40)29(45-20(5)39)26(48-33)16-44-19(4)38/h8-9,14,17,26,29-31,33,35H,10-13,15-16H2,1-7H3,(H2,34,42)(H,36,37)/t26-,29-,30+,31-,33?/m1/s1. The van der Waals surface area contributed by atoms with Gasteiger partial charge < -0.3 is 44.2 Å². The fourth-order valence-electron chi connectivity index (χ4n) is 5.23. The Morgan fingerprint density at radius 3 is 2.18 bits per heavy atom. The quantitative estimate of drug-likeness (QED) is 0.122. The van der Waals surface area contributed by atoms with Gasteiger partial charge in [0, 0.05) is 64.9 Å². The minimum atomic E-state index is -1.43. The summed E-state index contributed by atoms with van der Waals surface area (Å²) in [5.41, 5.74) is 8.51. The fraction of sp³-hybridized carbons (Fsp3) is 0.576. The van der Waals surface area contributed by atoms with Crippen LogP contribution < -0.4 is 20.5 Å². The minimum Gasteiger partial charge on any atom is -0.492 e. The lowest BCUT2D eigenvalue weighted by atomic mass is 9.96. The number of aromatic amines is 1. The van der Waals surface area contributed by atoms with Crippen molar-refractivity contribution >= 4 is 29.8 Å². The van der Waals surface area contributed by atoms with Crippen molar-refractivity contribution < 1.29 is 57.1 Å². The van der Waals surface area contributed by atoms with Crippen LogP contribution in [0.3, 0.4) is 0 Å². The molecule has 16 heteroatoms. The molecule has 49 heavy (non-hydrogen) atoms. The third kappa shape index (κ3) is 11.7. The van der Waals surface area contributed by atoms with Gasteiger partial charge in [-0.3, -0.25) is 29.1 Å². The molecule has 1 unspecified atom stereocenters. The molecule has 16 nitrogen and oxygen atoms in total. The molecule has 1 aliphatic heterocycles. The van der Waals surface area contributed by atoms with Crippen LogP contribution in [-0.4, -0.2) is 97.0 Å². The van der Waals surface area contributed by atoms with E-state index >= 15 is 0 Å². The first kappa shape index (κ1) is 38.7. The number of primary amides is 1. The molecule has 1 aromatic carbocycles. The Labute approximate surface area is 284 Å². The Morgan fingerprint density at radius 2 is 1.59 bits per heavy atom. The van der Waals surface area contributed by atoms with Crippen LogP contribution in [0.2, 0.25) is 0 Å². The highest BCUT2D eigenvalue weighted by atomic mass is 16.7. The molecule has 0 spiro atoms. The van der Waals surface area contributed by atoms with Crippen LogP contribution in [0.1, 0.15) is 76.3 Å². The molecule has 270 valence electrons. The summed E-state index contributed by atoms with van der Waals surface area (Å²) >= 11 is 0. The van der Waals surface area contributed by atoms with Crippen LogP contribution in [-0.2, 0) is 54.1 Å². The molecule has 1 aliphatic rings. The molecule has 2 heterocycles. The Bertz CT molecular complexity index is 1480. The minimum absolute atomic E-state index is 0.000208. The molecule has 0 saturated carbocycles. The molecule has 2 aromatic rings. The van der Waals surface area contributed by atoms with E-state index in [4.69, 9.17) is 38.9 Å². The van der Waals surface area contributed by atoms with E-state index in [1.807, 2.05) is 39.0 Å². The zero-order valence-corrected chi connectivity index (χ0v) is 28.9. The summed E-state index contributed by atoms with van der Waals surface area (Å²) in [6.45, 7) is 11.6. The zero-order valence-electron chi connectivity index (χ0n) is 28.9. The molecule has 0 radical (unpaired) electrons. The van der Waals surface area contributed by atoms with Crippen LogP contribution in [0.5, 0.6) is 11.6 Å². The number of carbonyl (C=O) groups is 5. The lowest BCUT2D eigenvalue weighted by Crippen LogP contribution is -2.63. The van der Waals surface area contributed by atoms with Crippen molar-refractivity contribution in [1.29, 1.82) is 0 Å². The highest BCUT2D eigenvalue weighted by molar-refractivity contribution is 5.73. The lowest BCUT2D eigenvalue weighted by Gasteiger charge is -2.43. The van der Waals surface area contributed by atoms with E-state index in [0.717, 1.165) is 37.6 Å². The van der Waals surface area contributed by atoms with Gasteiger partial charge in [-0.2, -0.15) is 0 Å². The summed E-state index contributed by atoms with van der Waals surface area (Å²) in [6, 6.07) is 5.69. The van der Waals surface area contributed by atoms with E-state index < -0.39 is 54.6 Å². The number of benzene rings is 1. The molecular formula is C33H46N4O12. The van der Waals surface area contributed by atoms with Crippen molar-refractivity contribution in [2.45, 2.75) is 97.9 Å². The number of rotatable bonds is 17. The number of H-pyrrole nitrogens is 1. The van der Waals surface area contributed by atoms with Crippen molar-refractivity contribution in [1.82, 2.24) is 15.5 Å².